The SMILES string of the molecule is Cc1ccc(C(C)C)s1.Cc1csc(C(C)C)c1. The van der Waals surface area contributed by atoms with Gasteiger partial charge in [-0.2, -0.15) is 0 Å². The van der Waals surface area contributed by atoms with E-state index in [1.165, 1.54) is 20.2 Å². The standard InChI is InChI=1S/2C8H12S/c1-6(2)8-4-7(3)5-9-8;1-6(2)8-5-4-7(3)9-8/h2*4-6H,1-3H3. The predicted molar refractivity (Wildman–Crippen MR) is 86.3 cm³/mol. The maximum absolute atomic E-state index is 2.26. The van der Waals surface area contributed by atoms with Crippen molar-refractivity contribution in [3.63, 3.8) is 0 Å². The molecule has 0 atom stereocenters. The Hall–Kier alpha value is -0.600. The van der Waals surface area contributed by atoms with Crippen LogP contribution in [0.4, 0.5) is 0 Å². The molecule has 0 saturated carbocycles. The third kappa shape index (κ3) is 4.95. The summed E-state index contributed by atoms with van der Waals surface area (Å²) in [6, 6.07) is 6.65. The van der Waals surface area contributed by atoms with Crippen LogP contribution in [0.2, 0.25) is 0 Å². The molecule has 0 spiro atoms. The van der Waals surface area contributed by atoms with Crippen LogP contribution in [-0.4, -0.2) is 0 Å². The van der Waals surface area contributed by atoms with E-state index >= 15 is 0 Å². The van der Waals surface area contributed by atoms with Crippen molar-refractivity contribution >= 4 is 22.7 Å². The fraction of sp³-hybridized carbons (Fsp3) is 0.500. The van der Waals surface area contributed by atoms with Gasteiger partial charge in [0, 0.05) is 14.6 Å². The van der Waals surface area contributed by atoms with Crippen LogP contribution in [0.25, 0.3) is 0 Å². The van der Waals surface area contributed by atoms with Crippen molar-refractivity contribution in [2.24, 2.45) is 0 Å². The molecule has 18 heavy (non-hydrogen) atoms. The van der Waals surface area contributed by atoms with Crippen LogP contribution in [0.5, 0.6) is 0 Å². The molecule has 0 N–H and O–H groups in total. The quantitative estimate of drug-likeness (QED) is 0.600. The Kier molecular flexibility index (Phi) is 6.10. The summed E-state index contributed by atoms with van der Waals surface area (Å²) in [6.45, 7) is 13.2. The molecule has 0 fully saturated rings. The van der Waals surface area contributed by atoms with Crippen molar-refractivity contribution in [3.8, 4) is 0 Å². The first-order valence-corrected chi connectivity index (χ1v) is 8.21. The normalized spacial score (nSPS) is 10.7. The second kappa shape index (κ2) is 7.10. The highest BCUT2D eigenvalue weighted by atomic mass is 32.1. The van der Waals surface area contributed by atoms with Crippen molar-refractivity contribution < 1.29 is 0 Å². The van der Waals surface area contributed by atoms with Gasteiger partial charge >= 0.3 is 0 Å². The van der Waals surface area contributed by atoms with Gasteiger partial charge in [-0.05, 0) is 54.8 Å². The van der Waals surface area contributed by atoms with Gasteiger partial charge < -0.3 is 0 Å². The van der Waals surface area contributed by atoms with Crippen LogP contribution in [0.15, 0.2) is 23.6 Å². The number of thiophene rings is 2. The molecule has 0 aliphatic rings. The van der Waals surface area contributed by atoms with Crippen LogP contribution in [-0.2, 0) is 0 Å². The summed E-state index contributed by atoms with van der Waals surface area (Å²) < 4.78 is 0. The highest BCUT2D eigenvalue weighted by Gasteiger charge is 2.00. The van der Waals surface area contributed by atoms with Gasteiger partial charge in [0.15, 0.2) is 0 Å². The second-order valence-corrected chi connectivity index (χ2v) is 7.55. The lowest BCUT2D eigenvalue weighted by Crippen LogP contribution is -1.77. The maximum atomic E-state index is 2.26. The lowest BCUT2D eigenvalue weighted by molar-refractivity contribution is 0.889. The van der Waals surface area contributed by atoms with E-state index in [9.17, 15) is 0 Å². The third-order valence-electron chi connectivity index (χ3n) is 2.65. The van der Waals surface area contributed by atoms with E-state index < -0.39 is 0 Å². The molecule has 2 rings (SSSR count). The van der Waals surface area contributed by atoms with E-state index in [1.54, 1.807) is 0 Å². The molecule has 0 nitrogen and oxygen atoms in total. The largest absolute Gasteiger partial charge is 0.148 e. The smallest absolute Gasteiger partial charge is 0.00735 e. The average Bonchev–Trinajstić information content (AvgIpc) is 2.88. The first-order valence-electron chi connectivity index (χ1n) is 6.51. The zero-order chi connectivity index (χ0) is 13.7. The lowest BCUT2D eigenvalue weighted by atomic mass is 10.2. The number of rotatable bonds is 2. The first kappa shape index (κ1) is 15.5. The van der Waals surface area contributed by atoms with Crippen LogP contribution in [0.3, 0.4) is 0 Å². The number of aryl methyl sites for hydroxylation is 2. The molecule has 2 aromatic heterocycles. The summed E-state index contributed by atoms with van der Waals surface area (Å²) in [5.41, 5.74) is 1.39. The summed E-state index contributed by atoms with van der Waals surface area (Å²) in [6.07, 6.45) is 0. The second-order valence-electron chi connectivity index (χ2n) is 5.28. The Morgan fingerprint density at radius 1 is 0.889 bits per heavy atom. The van der Waals surface area contributed by atoms with Crippen molar-refractivity contribution in [1.82, 2.24) is 0 Å². The molecule has 0 aliphatic carbocycles. The molecule has 0 unspecified atom stereocenters. The predicted octanol–water partition coefficient (Wildman–Crippen LogP) is 6.36. The molecular formula is C16H24S2. The Bertz CT molecular complexity index is 417. The van der Waals surface area contributed by atoms with E-state index in [2.05, 4.69) is 65.1 Å². The van der Waals surface area contributed by atoms with Crippen LogP contribution in [0, 0.1) is 13.8 Å². The minimum absolute atomic E-state index is 0.698. The monoisotopic (exact) mass is 280 g/mol. The highest BCUT2D eigenvalue weighted by molar-refractivity contribution is 7.12. The van der Waals surface area contributed by atoms with Gasteiger partial charge in [0.05, 0.1) is 0 Å². The van der Waals surface area contributed by atoms with Crippen LogP contribution >= 0.6 is 22.7 Å². The van der Waals surface area contributed by atoms with E-state index in [-0.39, 0.29) is 0 Å². The highest BCUT2D eigenvalue weighted by Crippen LogP contribution is 2.23. The molecule has 2 heteroatoms. The zero-order valence-corrected chi connectivity index (χ0v) is 13.9. The molecule has 0 aliphatic heterocycles. The first-order chi connectivity index (χ1) is 8.40. The molecule has 100 valence electrons. The van der Waals surface area contributed by atoms with Gasteiger partial charge in [-0.15, -0.1) is 22.7 Å². The topological polar surface area (TPSA) is 0 Å². The summed E-state index contributed by atoms with van der Waals surface area (Å²) in [5.74, 6) is 1.40. The average molecular weight is 281 g/mol. The molecule has 0 radical (unpaired) electrons. The van der Waals surface area contributed by atoms with E-state index in [0.29, 0.717) is 11.8 Å². The number of hydrogen-bond donors (Lipinski definition) is 0. The van der Waals surface area contributed by atoms with Crippen LogP contribution in [0.1, 0.15) is 59.7 Å². The van der Waals surface area contributed by atoms with E-state index in [1.807, 2.05) is 22.7 Å². The Morgan fingerprint density at radius 3 is 1.72 bits per heavy atom. The molecule has 0 saturated heterocycles. The van der Waals surface area contributed by atoms with Crippen LogP contribution < -0.4 is 0 Å². The fourth-order valence-electron chi connectivity index (χ4n) is 1.52. The van der Waals surface area contributed by atoms with Crippen molar-refractivity contribution in [1.29, 1.82) is 0 Å². The Morgan fingerprint density at radius 2 is 1.50 bits per heavy atom. The van der Waals surface area contributed by atoms with Gasteiger partial charge in [0.2, 0.25) is 0 Å². The van der Waals surface area contributed by atoms with E-state index in [4.69, 9.17) is 0 Å². The molecule has 2 heterocycles. The Labute approximate surface area is 120 Å². The van der Waals surface area contributed by atoms with Crippen molar-refractivity contribution in [2.45, 2.75) is 53.4 Å². The van der Waals surface area contributed by atoms with Gasteiger partial charge in [0.1, 0.15) is 0 Å². The molecule has 2 aromatic rings. The van der Waals surface area contributed by atoms with Gasteiger partial charge in [-0.1, -0.05) is 27.7 Å². The number of hydrogen-bond acceptors (Lipinski definition) is 2. The van der Waals surface area contributed by atoms with Crippen molar-refractivity contribution in [3.05, 3.63) is 43.8 Å². The molecule has 0 bridgehead atoms. The summed E-state index contributed by atoms with van der Waals surface area (Å²) >= 11 is 3.75. The third-order valence-corrected chi connectivity index (χ3v) is 5.30. The van der Waals surface area contributed by atoms with E-state index in [0.717, 1.165) is 0 Å². The summed E-state index contributed by atoms with van der Waals surface area (Å²) in [7, 11) is 0. The fourth-order valence-corrected chi connectivity index (χ4v) is 3.32. The minimum atomic E-state index is 0.698. The lowest BCUT2D eigenvalue weighted by Gasteiger charge is -1.96. The van der Waals surface area contributed by atoms with Gasteiger partial charge in [-0.25, -0.2) is 0 Å². The summed E-state index contributed by atoms with van der Waals surface area (Å²) in [5, 5.41) is 2.20. The Balaban J connectivity index is 0.000000180. The summed E-state index contributed by atoms with van der Waals surface area (Å²) in [4.78, 5) is 4.40. The molecule has 0 amide bonds. The van der Waals surface area contributed by atoms with Gasteiger partial charge in [-0.3, -0.25) is 0 Å². The maximum Gasteiger partial charge on any atom is 0.00735 e. The van der Waals surface area contributed by atoms with Crippen molar-refractivity contribution in [2.75, 3.05) is 0 Å². The minimum Gasteiger partial charge on any atom is -0.148 e. The van der Waals surface area contributed by atoms with Gasteiger partial charge in [0.25, 0.3) is 0 Å². The molecule has 0 aromatic carbocycles. The molecular weight excluding hydrogens is 256 g/mol. The zero-order valence-electron chi connectivity index (χ0n) is 12.3.